The second-order valence-corrected chi connectivity index (χ2v) is 4.18. The Bertz CT molecular complexity index is 375. The van der Waals surface area contributed by atoms with Crippen LogP contribution in [-0.4, -0.2) is 38.1 Å². The molecule has 4 nitrogen and oxygen atoms in total. The Morgan fingerprint density at radius 3 is 2.29 bits per heavy atom. The SMILES string of the molecule is CC#CC[C@H]1N=C(OC)[C@@H](C(C)C)N=C1OC. The monoisotopic (exact) mass is 236 g/mol. The van der Waals surface area contributed by atoms with E-state index in [-0.39, 0.29) is 12.1 Å². The van der Waals surface area contributed by atoms with Crippen LogP contribution in [0.1, 0.15) is 27.2 Å². The summed E-state index contributed by atoms with van der Waals surface area (Å²) in [5.74, 6) is 7.50. The molecule has 0 spiro atoms. The Labute approximate surface area is 103 Å². The molecule has 1 aliphatic heterocycles. The summed E-state index contributed by atoms with van der Waals surface area (Å²) in [5.41, 5.74) is 0. The summed E-state index contributed by atoms with van der Waals surface area (Å²) in [4.78, 5) is 9.09. The van der Waals surface area contributed by atoms with Gasteiger partial charge in [0.2, 0.25) is 11.8 Å². The largest absolute Gasteiger partial charge is 0.483 e. The van der Waals surface area contributed by atoms with Gasteiger partial charge >= 0.3 is 0 Å². The Morgan fingerprint density at radius 2 is 1.82 bits per heavy atom. The van der Waals surface area contributed by atoms with Crippen molar-refractivity contribution in [2.45, 2.75) is 39.3 Å². The van der Waals surface area contributed by atoms with E-state index in [2.05, 4.69) is 35.7 Å². The second-order valence-electron chi connectivity index (χ2n) is 4.18. The fourth-order valence-corrected chi connectivity index (χ4v) is 1.69. The third kappa shape index (κ3) is 3.23. The van der Waals surface area contributed by atoms with Crippen molar-refractivity contribution in [1.29, 1.82) is 0 Å². The minimum Gasteiger partial charge on any atom is -0.483 e. The van der Waals surface area contributed by atoms with Crippen LogP contribution >= 0.6 is 0 Å². The van der Waals surface area contributed by atoms with E-state index in [1.165, 1.54) is 0 Å². The van der Waals surface area contributed by atoms with Crippen molar-refractivity contribution in [3.05, 3.63) is 0 Å². The quantitative estimate of drug-likeness (QED) is 0.687. The molecule has 1 aliphatic rings. The number of ether oxygens (including phenoxy) is 2. The van der Waals surface area contributed by atoms with Gasteiger partial charge in [0.15, 0.2) is 0 Å². The van der Waals surface area contributed by atoms with Gasteiger partial charge in [0.1, 0.15) is 12.1 Å². The van der Waals surface area contributed by atoms with Crippen LogP contribution in [0.25, 0.3) is 0 Å². The van der Waals surface area contributed by atoms with Crippen LogP contribution in [0.4, 0.5) is 0 Å². The van der Waals surface area contributed by atoms with Gasteiger partial charge in [-0.2, -0.15) is 0 Å². The molecule has 94 valence electrons. The van der Waals surface area contributed by atoms with Gasteiger partial charge in [0.05, 0.1) is 14.2 Å². The maximum absolute atomic E-state index is 5.31. The molecule has 0 bridgehead atoms. The molecule has 0 aromatic heterocycles. The van der Waals surface area contributed by atoms with Crippen LogP contribution in [0.2, 0.25) is 0 Å². The van der Waals surface area contributed by atoms with Gasteiger partial charge in [-0.3, -0.25) is 0 Å². The number of hydrogen-bond donors (Lipinski definition) is 0. The van der Waals surface area contributed by atoms with Gasteiger partial charge in [-0.15, -0.1) is 11.8 Å². The molecule has 17 heavy (non-hydrogen) atoms. The summed E-state index contributed by atoms with van der Waals surface area (Å²) in [5, 5.41) is 0. The lowest BCUT2D eigenvalue weighted by molar-refractivity contribution is 0.333. The van der Waals surface area contributed by atoms with E-state index in [0.29, 0.717) is 24.1 Å². The van der Waals surface area contributed by atoms with Crippen molar-refractivity contribution in [1.82, 2.24) is 0 Å². The first-order valence-corrected chi connectivity index (χ1v) is 5.77. The van der Waals surface area contributed by atoms with E-state index >= 15 is 0 Å². The zero-order valence-corrected chi connectivity index (χ0v) is 11.2. The fourth-order valence-electron chi connectivity index (χ4n) is 1.69. The highest BCUT2D eigenvalue weighted by molar-refractivity contribution is 5.94. The molecule has 0 fully saturated rings. The first kappa shape index (κ1) is 13.6. The molecule has 0 aliphatic carbocycles. The highest BCUT2D eigenvalue weighted by Crippen LogP contribution is 2.18. The summed E-state index contributed by atoms with van der Waals surface area (Å²) < 4.78 is 10.6. The van der Waals surface area contributed by atoms with Crippen LogP contribution in [0.3, 0.4) is 0 Å². The average molecular weight is 236 g/mol. The average Bonchev–Trinajstić information content (AvgIpc) is 2.34. The van der Waals surface area contributed by atoms with Crippen molar-refractivity contribution < 1.29 is 9.47 Å². The molecule has 0 saturated carbocycles. The molecule has 0 N–H and O–H groups in total. The minimum absolute atomic E-state index is 0.0548. The van der Waals surface area contributed by atoms with Gasteiger partial charge in [-0.25, -0.2) is 9.98 Å². The molecule has 0 radical (unpaired) electrons. The van der Waals surface area contributed by atoms with E-state index < -0.39 is 0 Å². The Balaban J connectivity index is 2.96. The molecule has 0 aromatic carbocycles. The van der Waals surface area contributed by atoms with Crippen LogP contribution in [-0.2, 0) is 9.47 Å². The van der Waals surface area contributed by atoms with Crippen molar-refractivity contribution >= 4 is 11.8 Å². The molecule has 0 unspecified atom stereocenters. The minimum atomic E-state index is -0.141. The summed E-state index contributed by atoms with van der Waals surface area (Å²) in [6.45, 7) is 5.98. The summed E-state index contributed by atoms with van der Waals surface area (Å²) in [6, 6.07) is -0.196. The van der Waals surface area contributed by atoms with E-state index in [1.54, 1.807) is 14.2 Å². The highest BCUT2D eigenvalue weighted by atomic mass is 16.5. The summed E-state index contributed by atoms with van der Waals surface area (Å²) in [7, 11) is 3.25. The first-order valence-electron chi connectivity index (χ1n) is 5.77. The lowest BCUT2D eigenvalue weighted by Gasteiger charge is -2.26. The van der Waals surface area contributed by atoms with Crippen LogP contribution in [0.5, 0.6) is 0 Å². The molecular weight excluding hydrogens is 216 g/mol. The third-order valence-corrected chi connectivity index (χ3v) is 2.61. The van der Waals surface area contributed by atoms with Gasteiger partial charge in [-0.05, 0) is 12.8 Å². The predicted molar refractivity (Wildman–Crippen MR) is 69.4 cm³/mol. The van der Waals surface area contributed by atoms with Crippen LogP contribution in [0.15, 0.2) is 9.98 Å². The van der Waals surface area contributed by atoms with Crippen molar-refractivity contribution in [3.63, 3.8) is 0 Å². The predicted octanol–water partition coefficient (Wildman–Crippen LogP) is 1.90. The van der Waals surface area contributed by atoms with Gasteiger partial charge in [0.25, 0.3) is 0 Å². The number of aliphatic imine (C=N–C) groups is 2. The topological polar surface area (TPSA) is 43.2 Å². The summed E-state index contributed by atoms with van der Waals surface area (Å²) >= 11 is 0. The van der Waals surface area contributed by atoms with Crippen LogP contribution in [0, 0.1) is 17.8 Å². The number of rotatable bonds is 2. The zero-order valence-electron chi connectivity index (χ0n) is 11.2. The fraction of sp³-hybridized carbons (Fsp3) is 0.692. The van der Waals surface area contributed by atoms with E-state index in [4.69, 9.17) is 9.47 Å². The molecular formula is C13H20N2O2. The lowest BCUT2D eigenvalue weighted by atomic mass is 10.0. The van der Waals surface area contributed by atoms with Crippen molar-refractivity contribution in [2.24, 2.45) is 15.9 Å². The highest BCUT2D eigenvalue weighted by Gasteiger charge is 2.30. The van der Waals surface area contributed by atoms with E-state index in [0.717, 1.165) is 0 Å². The van der Waals surface area contributed by atoms with Crippen molar-refractivity contribution in [2.75, 3.05) is 14.2 Å². The smallest absolute Gasteiger partial charge is 0.210 e. The molecule has 0 aromatic rings. The number of methoxy groups -OCH3 is 2. The molecule has 2 atom stereocenters. The maximum Gasteiger partial charge on any atom is 0.210 e. The third-order valence-electron chi connectivity index (χ3n) is 2.61. The number of nitrogens with zero attached hydrogens (tertiary/aromatic N) is 2. The van der Waals surface area contributed by atoms with E-state index in [9.17, 15) is 0 Å². The lowest BCUT2D eigenvalue weighted by Crippen LogP contribution is -2.37. The van der Waals surface area contributed by atoms with Gasteiger partial charge in [-0.1, -0.05) is 13.8 Å². The molecule has 1 rings (SSSR count). The molecule has 0 saturated heterocycles. The molecule has 4 heteroatoms. The Morgan fingerprint density at radius 1 is 1.18 bits per heavy atom. The first-order chi connectivity index (χ1) is 8.13. The standard InChI is InChI=1S/C13H20N2O2/c1-6-7-8-10-12(16-4)15-11(9(2)3)13(14-10)17-5/h9-11H,8H2,1-5H3/t10-,11-/m1/s1. The van der Waals surface area contributed by atoms with Crippen molar-refractivity contribution in [3.8, 4) is 11.8 Å². The summed E-state index contributed by atoms with van der Waals surface area (Å²) in [6.07, 6.45) is 0.612. The Hall–Kier alpha value is -1.50. The Kier molecular flexibility index (Phi) is 5.02. The van der Waals surface area contributed by atoms with E-state index in [1.807, 2.05) is 6.92 Å². The van der Waals surface area contributed by atoms with Gasteiger partial charge in [0, 0.05) is 6.42 Å². The second kappa shape index (κ2) is 6.29. The van der Waals surface area contributed by atoms with Gasteiger partial charge < -0.3 is 9.47 Å². The van der Waals surface area contributed by atoms with Crippen LogP contribution < -0.4 is 0 Å². The molecule has 0 amide bonds. The number of hydrogen-bond acceptors (Lipinski definition) is 4. The normalized spacial score (nSPS) is 23.4. The zero-order chi connectivity index (χ0) is 12.8. The molecule has 1 heterocycles. The maximum atomic E-state index is 5.31.